The summed E-state index contributed by atoms with van der Waals surface area (Å²) in [7, 11) is -1.06. The standard InChI is InChI=1S/C21H22N4O5S/c1-4-14-6-7-16(28-2)19(12-14)31(26,27)24-21-20-17(29-3)10-15(11-18(20)30-23-21)13-25-9-5-8-22-25/h5-12H,4,13H2,1-3H3,(H,23,24). The average molecular weight is 442 g/mol. The predicted molar refractivity (Wildman–Crippen MR) is 115 cm³/mol. The van der Waals surface area contributed by atoms with Crippen LogP contribution in [-0.4, -0.2) is 37.6 Å². The first kappa shape index (κ1) is 20.7. The maximum absolute atomic E-state index is 13.1. The number of nitrogens with zero attached hydrogens (tertiary/aromatic N) is 3. The number of ether oxygens (including phenoxy) is 2. The van der Waals surface area contributed by atoms with Gasteiger partial charge in [0.1, 0.15) is 21.8 Å². The first-order valence-electron chi connectivity index (χ1n) is 9.58. The van der Waals surface area contributed by atoms with E-state index < -0.39 is 10.0 Å². The molecule has 0 aliphatic carbocycles. The Morgan fingerprint density at radius 1 is 1.10 bits per heavy atom. The first-order chi connectivity index (χ1) is 14.9. The molecule has 0 atom stereocenters. The van der Waals surface area contributed by atoms with E-state index in [0.29, 0.717) is 29.7 Å². The summed E-state index contributed by atoms with van der Waals surface area (Å²) in [6.45, 7) is 2.45. The fourth-order valence-corrected chi connectivity index (χ4v) is 4.55. The lowest BCUT2D eigenvalue weighted by Gasteiger charge is -2.12. The van der Waals surface area contributed by atoms with Gasteiger partial charge in [-0.1, -0.05) is 18.1 Å². The molecule has 4 rings (SSSR count). The largest absolute Gasteiger partial charge is 0.496 e. The lowest BCUT2D eigenvalue weighted by Crippen LogP contribution is -2.15. The summed E-state index contributed by atoms with van der Waals surface area (Å²) in [5, 5.41) is 8.56. The van der Waals surface area contributed by atoms with Crippen molar-refractivity contribution in [1.29, 1.82) is 0 Å². The first-order valence-corrected chi connectivity index (χ1v) is 11.1. The second kappa shape index (κ2) is 8.31. The van der Waals surface area contributed by atoms with Crippen molar-refractivity contribution >= 4 is 26.8 Å². The summed E-state index contributed by atoms with van der Waals surface area (Å²) < 4.78 is 46.7. The van der Waals surface area contributed by atoms with E-state index in [1.165, 1.54) is 14.2 Å². The van der Waals surface area contributed by atoms with Gasteiger partial charge in [0.2, 0.25) is 0 Å². The zero-order valence-electron chi connectivity index (χ0n) is 17.3. The normalized spacial score (nSPS) is 11.6. The van der Waals surface area contributed by atoms with Gasteiger partial charge in [0.15, 0.2) is 11.4 Å². The van der Waals surface area contributed by atoms with Crippen molar-refractivity contribution in [3.8, 4) is 11.5 Å². The Labute approximate surface area is 179 Å². The summed E-state index contributed by atoms with van der Waals surface area (Å²) in [6, 6.07) is 10.5. The molecule has 1 N–H and O–H groups in total. The molecule has 0 spiro atoms. The predicted octanol–water partition coefficient (Wildman–Crippen LogP) is 3.45. The number of aromatic nitrogens is 3. The number of fused-ring (bicyclic) bond motifs is 1. The number of anilines is 1. The van der Waals surface area contributed by atoms with Crippen molar-refractivity contribution in [2.45, 2.75) is 24.8 Å². The molecule has 0 saturated heterocycles. The number of hydrogen-bond acceptors (Lipinski definition) is 7. The van der Waals surface area contributed by atoms with Crippen molar-refractivity contribution in [2.24, 2.45) is 0 Å². The Hall–Kier alpha value is -3.53. The van der Waals surface area contributed by atoms with Crippen LogP contribution in [0.5, 0.6) is 11.5 Å². The molecule has 10 heteroatoms. The van der Waals surface area contributed by atoms with E-state index >= 15 is 0 Å². The lowest BCUT2D eigenvalue weighted by atomic mass is 10.1. The lowest BCUT2D eigenvalue weighted by molar-refractivity contribution is 0.402. The van der Waals surface area contributed by atoms with Crippen LogP contribution in [0.15, 0.2) is 58.2 Å². The topological polar surface area (TPSA) is 108 Å². The SMILES string of the molecule is CCc1ccc(OC)c(S(=O)(=O)Nc2noc3cc(Cn4cccn4)cc(OC)c23)c1. The molecule has 2 aromatic heterocycles. The van der Waals surface area contributed by atoms with Gasteiger partial charge in [-0.15, -0.1) is 0 Å². The monoisotopic (exact) mass is 442 g/mol. The zero-order valence-corrected chi connectivity index (χ0v) is 18.1. The van der Waals surface area contributed by atoms with E-state index in [1.54, 1.807) is 35.1 Å². The number of rotatable bonds is 8. The van der Waals surface area contributed by atoms with Gasteiger partial charge in [-0.05, 0) is 47.9 Å². The molecule has 31 heavy (non-hydrogen) atoms. The van der Waals surface area contributed by atoms with Crippen LogP contribution in [0, 0.1) is 0 Å². The molecule has 9 nitrogen and oxygen atoms in total. The third-order valence-corrected chi connectivity index (χ3v) is 6.24. The van der Waals surface area contributed by atoms with Crippen LogP contribution in [0.4, 0.5) is 5.82 Å². The molecule has 0 bridgehead atoms. The number of benzene rings is 2. The van der Waals surface area contributed by atoms with Gasteiger partial charge in [0.05, 0.1) is 20.8 Å². The second-order valence-corrected chi connectivity index (χ2v) is 8.50. The van der Waals surface area contributed by atoms with E-state index in [1.807, 2.05) is 25.3 Å². The van der Waals surface area contributed by atoms with E-state index in [9.17, 15) is 8.42 Å². The molecule has 0 amide bonds. The third-order valence-electron chi connectivity index (χ3n) is 4.88. The van der Waals surface area contributed by atoms with Crippen molar-refractivity contribution in [3.63, 3.8) is 0 Å². The molecule has 0 aliphatic heterocycles. The van der Waals surface area contributed by atoms with Gasteiger partial charge in [0, 0.05) is 12.4 Å². The Morgan fingerprint density at radius 2 is 1.90 bits per heavy atom. The highest BCUT2D eigenvalue weighted by molar-refractivity contribution is 7.92. The smallest absolute Gasteiger partial charge is 0.266 e. The Balaban J connectivity index is 1.73. The van der Waals surface area contributed by atoms with Crippen LogP contribution in [0.2, 0.25) is 0 Å². The Bertz CT molecular complexity index is 1310. The number of methoxy groups -OCH3 is 2. The fraction of sp³-hybridized carbons (Fsp3) is 0.238. The minimum absolute atomic E-state index is 0.0276. The van der Waals surface area contributed by atoms with Gasteiger partial charge in [-0.25, -0.2) is 8.42 Å². The minimum Gasteiger partial charge on any atom is -0.496 e. The van der Waals surface area contributed by atoms with Crippen molar-refractivity contribution in [2.75, 3.05) is 18.9 Å². The molecule has 4 aromatic rings. The van der Waals surface area contributed by atoms with Gasteiger partial charge in [-0.3, -0.25) is 9.40 Å². The van der Waals surface area contributed by atoms with E-state index in [-0.39, 0.29) is 16.5 Å². The van der Waals surface area contributed by atoms with Gasteiger partial charge in [0.25, 0.3) is 10.0 Å². The molecule has 0 radical (unpaired) electrons. The molecular formula is C21H22N4O5S. The maximum Gasteiger partial charge on any atom is 0.266 e. The molecule has 0 fully saturated rings. The van der Waals surface area contributed by atoms with E-state index in [0.717, 1.165) is 11.1 Å². The van der Waals surface area contributed by atoms with Crippen molar-refractivity contribution < 1.29 is 22.4 Å². The number of nitrogens with one attached hydrogen (secondary N) is 1. The second-order valence-electron chi connectivity index (χ2n) is 6.85. The fourth-order valence-electron chi connectivity index (χ4n) is 3.33. The highest BCUT2D eigenvalue weighted by Crippen LogP contribution is 2.36. The zero-order chi connectivity index (χ0) is 22.0. The quantitative estimate of drug-likeness (QED) is 0.445. The van der Waals surface area contributed by atoms with Crippen LogP contribution in [-0.2, 0) is 23.0 Å². The minimum atomic E-state index is -3.99. The molecule has 0 saturated carbocycles. The van der Waals surface area contributed by atoms with Crippen LogP contribution in [0.3, 0.4) is 0 Å². The van der Waals surface area contributed by atoms with Crippen LogP contribution in [0.1, 0.15) is 18.1 Å². The van der Waals surface area contributed by atoms with Crippen LogP contribution in [0.25, 0.3) is 11.0 Å². The van der Waals surface area contributed by atoms with E-state index in [4.69, 9.17) is 14.0 Å². The number of hydrogen-bond donors (Lipinski definition) is 1. The molecule has 2 aromatic carbocycles. The Kier molecular flexibility index (Phi) is 5.55. The van der Waals surface area contributed by atoms with Gasteiger partial charge in [-0.2, -0.15) is 5.10 Å². The summed E-state index contributed by atoms with van der Waals surface area (Å²) in [5.74, 6) is 0.722. The highest BCUT2D eigenvalue weighted by atomic mass is 32.2. The third kappa shape index (κ3) is 4.06. The molecule has 0 aliphatic rings. The summed E-state index contributed by atoms with van der Waals surface area (Å²) in [6.07, 6.45) is 4.22. The molecular weight excluding hydrogens is 420 g/mol. The summed E-state index contributed by atoms with van der Waals surface area (Å²) in [4.78, 5) is 0.0276. The van der Waals surface area contributed by atoms with Crippen molar-refractivity contribution in [1.82, 2.24) is 14.9 Å². The number of aryl methyl sites for hydroxylation is 1. The summed E-state index contributed by atoms with van der Waals surface area (Å²) >= 11 is 0. The highest BCUT2D eigenvalue weighted by Gasteiger charge is 2.25. The van der Waals surface area contributed by atoms with E-state index in [2.05, 4.69) is 15.0 Å². The van der Waals surface area contributed by atoms with Gasteiger partial charge >= 0.3 is 0 Å². The van der Waals surface area contributed by atoms with Gasteiger partial charge < -0.3 is 14.0 Å². The Morgan fingerprint density at radius 3 is 2.58 bits per heavy atom. The van der Waals surface area contributed by atoms with Crippen LogP contribution < -0.4 is 14.2 Å². The average Bonchev–Trinajstić information content (AvgIpc) is 3.42. The van der Waals surface area contributed by atoms with Crippen LogP contribution >= 0.6 is 0 Å². The number of sulfonamides is 1. The molecule has 2 heterocycles. The molecule has 162 valence electrons. The summed E-state index contributed by atoms with van der Waals surface area (Å²) in [5.41, 5.74) is 2.14. The molecule has 0 unspecified atom stereocenters. The maximum atomic E-state index is 13.1. The van der Waals surface area contributed by atoms with Crippen molar-refractivity contribution in [3.05, 3.63) is 59.9 Å².